The SMILES string of the molecule is CNc1cnc(CSc2cc(C)ccc2C)cn1. The molecule has 0 unspecified atom stereocenters. The number of rotatable bonds is 4. The van der Waals surface area contributed by atoms with Gasteiger partial charge >= 0.3 is 0 Å². The van der Waals surface area contributed by atoms with Crippen LogP contribution >= 0.6 is 11.8 Å². The normalized spacial score (nSPS) is 10.4. The summed E-state index contributed by atoms with van der Waals surface area (Å²) in [4.78, 5) is 9.95. The Morgan fingerprint density at radius 2 is 2.00 bits per heavy atom. The summed E-state index contributed by atoms with van der Waals surface area (Å²) in [6, 6.07) is 6.52. The van der Waals surface area contributed by atoms with Gasteiger partial charge < -0.3 is 5.32 Å². The van der Waals surface area contributed by atoms with E-state index < -0.39 is 0 Å². The van der Waals surface area contributed by atoms with Crippen LogP contribution < -0.4 is 5.32 Å². The van der Waals surface area contributed by atoms with Crippen LogP contribution in [0.2, 0.25) is 0 Å². The average Bonchev–Trinajstić information content (AvgIpc) is 2.40. The summed E-state index contributed by atoms with van der Waals surface area (Å²) in [6.45, 7) is 4.25. The highest BCUT2D eigenvalue weighted by molar-refractivity contribution is 7.98. The first-order valence-electron chi connectivity index (χ1n) is 5.88. The van der Waals surface area contributed by atoms with Crippen molar-refractivity contribution in [1.29, 1.82) is 0 Å². The van der Waals surface area contributed by atoms with E-state index in [1.165, 1.54) is 16.0 Å². The maximum atomic E-state index is 4.37. The molecule has 0 aliphatic rings. The summed E-state index contributed by atoms with van der Waals surface area (Å²) in [7, 11) is 1.84. The third-order valence-corrected chi connectivity index (χ3v) is 3.87. The molecular weight excluding hydrogens is 242 g/mol. The Hall–Kier alpha value is -1.55. The molecule has 0 bridgehead atoms. The van der Waals surface area contributed by atoms with Gasteiger partial charge in [0.15, 0.2) is 0 Å². The molecule has 0 atom stereocenters. The number of nitrogens with zero attached hydrogens (tertiary/aromatic N) is 2. The highest BCUT2D eigenvalue weighted by atomic mass is 32.2. The average molecular weight is 259 g/mol. The van der Waals surface area contributed by atoms with Gasteiger partial charge in [0.05, 0.1) is 18.1 Å². The molecule has 94 valence electrons. The van der Waals surface area contributed by atoms with E-state index in [1.807, 2.05) is 13.2 Å². The second-order valence-corrected chi connectivity index (χ2v) is 5.22. The molecule has 0 spiro atoms. The zero-order chi connectivity index (χ0) is 13.0. The topological polar surface area (TPSA) is 37.8 Å². The van der Waals surface area contributed by atoms with Gasteiger partial charge in [-0.3, -0.25) is 4.98 Å². The molecule has 0 amide bonds. The van der Waals surface area contributed by atoms with Gasteiger partial charge in [-0.15, -0.1) is 11.8 Å². The molecule has 1 aromatic heterocycles. The second kappa shape index (κ2) is 5.87. The van der Waals surface area contributed by atoms with Gasteiger partial charge in [0.2, 0.25) is 0 Å². The standard InChI is InChI=1S/C14H17N3S/c1-10-4-5-11(2)13(6-10)18-9-12-7-17-14(15-3)8-16-12/h4-8H,9H2,1-3H3,(H,15,17). The molecule has 0 saturated heterocycles. The number of benzene rings is 1. The van der Waals surface area contributed by atoms with Crippen molar-refractivity contribution < 1.29 is 0 Å². The van der Waals surface area contributed by atoms with Crippen LogP contribution in [0, 0.1) is 13.8 Å². The Kier molecular flexibility index (Phi) is 4.20. The number of aryl methyl sites for hydroxylation is 2. The van der Waals surface area contributed by atoms with E-state index in [2.05, 4.69) is 47.3 Å². The molecule has 0 radical (unpaired) electrons. The Morgan fingerprint density at radius 3 is 2.67 bits per heavy atom. The minimum Gasteiger partial charge on any atom is -0.372 e. The molecule has 3 nitrogen and oxygen atoms in total. The van der Waals surface area contributed by atoms with Crippen molar-refractivity contribution in [3.8, 4) is 0 Å². The summed E-state index contributed by atoms with van der Waals surface area (Å²) in [5.74, 6) is 1.65. The van der Waals surface area contributed by atoms with Crippen LogP contribution in [0.4, 0.5) is 5.82 Å². The van der Waals surface area contributed by atoms with Crippen molar-refractivity contribution in [2.75, 3.05) is 12.4 Å². The van der Waals surface area contributed by atoms with E-state index >= 15 is 0 Å². The molecular formula is C14H17N3S. The van der Waals surface area contributed by atoms with E-state index in [4.69, 9.17) is 0 Å². The van der Waals surface area contributed by atoms with Gasteiger partial charge in [0, 0.05) is 17.7 Å². The Morgan fingerprint density at radius 1 is 1.17 bits per heavy atom. The largest absolute Gasteiger partial charge is 0.372 e. The van der Waals surface area contributed by atoms with Gasteiger partial charge in [0.25, 0.3) is 0 Å². The van der Waals surface area contributed by atoms with Gasteiger partial charge in [0.1, 0.15) is 5.82 Å². The number of anilines is 1. The molecule has 0 aliphatic heterocycles. The quantitative estimate of drug-likeness (QED) is 0.854. The van der Waals surface area contributed by atoms with Gasteiger partial charge in [-0.2, -0.15) is 0 Å². The van der Waals surface area contributed by atoms with Crippen molar-refractivity contribution >= 4 is 17.6 Å². The first-order valence-corrected chi connectivity index (χ1v) is 6.86. The summed E-state index contributed by atoms with van der Waals surface area (Å²) >= 11 is 1.80. The van der Waals surface area contributed by atoms with Gasteiger partial charge in [-0.25, -0.2) is 4.98 Å². The van der Waals surface area contributed by atoms with E-state index in [0.29, 0.717) is 0 Å². The third kappa shape index (κ3) is 3.23. The number of nitrogens with one attached hydrogen (secondary N) is 1. The van der Waals surface area contributed by atoms with Crippen molar-refractivity contribution in [3.63, 3.8) is 0 Å². The number of aromatic nitrogens is 2. The third-order valence-electron chi connectivity index (χ3n) is 2.68. The van der Waals surface area contributed by atoms with Crippen LogP contribution in [0.5, 0.6) is 0 Å². The van der Waals surface area contributed by atoms with Crippen molar-refractivity contribution in [2.45, 2.75) is 24.5 Å². The Labute approximate surface area is 112 Å². The van der Waals surface area contributed by atoms with Crippen molar-refractivity contribution in [3.05, 3.63) is 47.4 Å². The molecule has 1 heterocycles. The van der Waals surface area contributed by atoms with E-state index in [-0.39, 0.29) is 0 Å². The molecule has 0 fully saturated rings. The van der Waals surface area contributed by atoms with E-state index in [0.717, 1.165) is 17.3 Å². The lowest BCUT2D eigenvalue weighted by molar-refractivity contribution is 1.09. The molecule has 18 heavy (non-hydrogen) atoms. The maximum absolute atomic E-state index is 4.37. The van der Waals surface area contributed by atoms with Crippen LogP contribution in [0.15, 0.2) is 35.5 Å². The molecule has 0 aliphatic carbocycles. The van der Waals surface area contributed by atoms with Crippen LogP contribution in [-0.4, -0.2) is 17.0 Å². The lowest BCUT2D eigenvalue weighted by Crippen LogP contribution is -1.95. The number of thioether (sulfide) groups is 1. The minimum atomic E-state index is 0.801. The van der Waals surface area contributed by atoms with Crippen LogP contribution in [0.25, 0.3) is 0 Å². The number of hydrogen-bond donors (Lipinski definition) is 1. The zero-order valence-electron chi connectivity index (χ0n) is 10.9. The summed E-state index contributed by atoms with van der Waals surface area (Å²) in [5.41, 5.74) is 3.60. The van der Waals surface area contributed by atoms with Crippen LogP contribution in [0.1, 0.15) is 16.8 Å². The number of hydrogen-bond acceptors (Lipinski definition) is 4. The second-order valence-electron chi connectivity index (χ2n) is 4.20. The molecule has 2 rings (SSSR count). The monoisotopic (exact) mass is 259 g/mol. The fourth-order valence-corrected chi connectivity index (χ4v) is 2.59. The molecule has 0 saturated carbocycles. The minimum absolute atomic E-state index is 0.801. The zero-order valence-corrected chi connectivity index (χ0v) is 11.7. The van der Waals surface area contributed by atoms with Crippen molar-refractivity contribution in [1.82, 2.24) is 9.97 Å². The molecule has 1 aromatic carbocycles. The first-order chi connectivity index (χ1) is 8.69. The van der Waals surface area contributed by atoms with Gasteiger partial charge in [-0.1, -0.05) is 17.7 Å². The Balaban J connectivity index is 2.04. The van der Waals surface area contributed by atoms with Crippen LogP contribution in [0.3, 0.4) is 0 Å². The van der Waals surface area contributed by atoms with Crippen molar-refractivity contribution in [2.24, 2.45) is 0 Å². The van der Waals surface area contributed by atoms with Gasteiger partial charge in [-0.05, 0) is 25.5 Å². The lowest BCUT2D eigenvalue weighted by Gasteiger charge is -2.06. The lowest BCUT2D eigenvalue weighted by atomic mass is 10.2. The van der Waals surface area contributed by atoms with Crippen LogP contribution in [-0.2, 0) is 5.75 Å². The maximum Gasteiger partial charge on any atom is 0.144 e. The molecule has 4 heteroatoms. The first kappa shape index (κ1) is 12.9. The predicted octanol–water partition coefficient (Wildman–Crippen LogP) is 3.43. The summed E-state index contributed by atoms with van der Waals surface area (Å²) in [5, 5.41) is 2.96. The smallest absolute Gasteiger partial charge is 0.144 e. The van der Waals surface area contributed by atoms with E-state index in [9.17, 15) is 0 Å². The highest BCUT2D eigenvalue weighted by Crippen LogP contribution is 2.26. The summed E-state index contributed by atoms with van der Waals surface area (Å²) in [6.07, 6.45) is 3.59. The summed E-state index contributed by atoms with van der Waals surface area (Å²) < 4.78 is 0. The Bertz CT molecular complexity index is 523. The fraction of sp³-hybridized carbons (Fsp3) is 0.286. The predicted molar refractivity (Wildman–Crippen MR) is 77.1 cm³/mol. The molecule has 2 aromatic rings. The van der Waals surface area contributed by atoms with E-state index in [1.54, 1.807) is 18.0 Å². The highest BCUT2D eigenvalue weighted by Gasteiger charge is 2.02. The molecule has 1 N–H and O–H groups in total. The fourth-order valence-electron chi connectivity index (χ4n) is 1.57.